The van der Waals surface area contributed by atoms with Crippen molar-refractivity contribution in [1.29, 1.82) is 0 Å². The van der Waals surface area contributed by atoms with Gasteiger partial charge in [0.15, 0.2) is 0 Å². The van der Waals surface area contributed by atoms with Crippen LogP contribution in [0.5, 0.6) is 0 Å². The lowest BCUT2D eigenvalue weighted by Crippen LogP contribution is -2.37. The average Bonchev–Trinajstić information content (AvgIpc) is 3.26. The molecule has 1 aliphatic heterocycles. The fourth-order valence-electron chi connectivity index (χ4n) is 3.15. The van der Waals surface area contributed by atoms with E-state index in [4.69, 9.17) is 0 Å². The monoisotopic (exact) mass is 258 g/mol. The highest BCUT2D eigenvalue weighted by Crippen LogP contribution is 2.32. The van der Waals surface area contributed by atoms with E-state index in [0.29, 0.717) is 0 Å². The van der Waals surface area contributed by atoms with Crippen molar-refractivity contribution < 1.29 is 0 Å². The van der Waals surface area contributed by atoms with Gasteiger partial charge in [0.2, 0.25) is 0 Å². The molecule has 1 heterocycles. The van der Waals surface area contributed by atoms with Crippen molar-refractivity contribution in [3.63, 3.8) is 0 Å². The number of fused-ring (bicyclic) bond motifs is 1. The van der Waals surface area contributed by atoms with E-state index in [9.17, 15) is 0 Å². The summed E-state index contributed by atoms with van der Waals surface area (Å²) < 4.78 is 0. The maximum Gasteiger partial charge on any atom is 0.0107 e. The first-order chi connectivity index (χ1) is 9.33. The van der Waals surface area contributed by atoms with Crippen LogP contribution in [0.15, 0.2) is 24.3 Å². The molecule has 0 spiro atoms. The predicted octanol–water partition coefficient (Wildman–Crippen LogP) is 2.48. The molecule has 2 heteroatoms. The van der Waals surface area contributed by atoms with Gasteiger partial charge in [-0.3, -0.25) is 0 Å². The standard InChI is InChI=1S/C17H26N2/c1-14(15-6-7-15)18-10-13-19-11-8-16-4-2-3-5-17(16)9-12-19/h2-5,14-15,18H,6-13H2,1H3. The van der Waals surface area contributed by atoms with Gasteiger partial charge in [0.1, 0.15) is 0 Å². The first-order valence-corrected chi connectivity index (χ1v) is 7.85. The normalized spacial score (nSPS) is 21.7. The van der Waals surface area contributed by atoms with E-state index in [-0.39, 0.29) is 0 Å². The van der Waals surface area contributed by atoms with E-state index in [1.54, 1.807) is 11.1 Å². The highest BCUT2D eigenvalue weighted by Gasteiger charge is 2.27. The van der Waals surface area contributed by atoms with E-state index < -0.39 is 0 Å². The number of hydrogen-bond acceptors (Lipinski definition) is 2. The third kappa shape index (κ3) is 3.58. The topological polar surface area (TPSA) is 15.3 Å². The van der Waals surface area contributed by atoms with Crippen LogP contribution < -0.4 is 5.32 Å². The molecule has 104 valence electrons. The van der Waals surface area contributed by atoms with Crippen LogP contribution >= 0.6 is 0 Å². The van der Waals surface area contributed by atoms with Gasteiger partial charge in [-0.05, 0) is 49.7 Å². The molecular weight excluding hydrogens is 232 g/mol. The van der Waals surface area contributed by atoms with Crippen LogP contribution in [0.1, 0.15) is 30.9 Å². The summed E-state index contributed by atoms with van der Waals surface area (Å²) in [5.41, 5.74) is 3.12. The minimum Gasteiger partial charge on any atom is -0.313 e. The quantitative estimate of drug-likeness (QED) is 0.873. The third-order valence-electron chi connectivity index (χ3n) is 4.74. The average molecular weight is 258 g/mol. The van der Waals surface area contributed by atoms with Crippen molar-refractivity contribution in [2.45, 2.75) is 38.6 Å². The highest BCUT2D eigenvalue weighted by atomic mass is 15.1. The molecular formula is C17H26N2. The summed E-state index contributed by atoms with van der Waals surface area (Å²) in [6.45, 7) is 7.13. The number of rotatable bonds is 5. The second-order valence-corrected chi connectivity index (χ2v) is 6.19. The van der Waals surface area contributed by atoms with Crippen molar-refractivity contribution in [3.8, 4) is 0 Å². The van der Waals surface area contributed by atoms with Crippen LogP contribution in [-0.4, -0.2) is 37.1 Å². The summed E-state index contributed by atoms with van der Waals surface area (Å²) in [4.78, 5) is 2.62. The Bertz CT molecular complexity index is 384. The minimum absolute atomic E-state index is 0.726. The van der Waals surface area contributed by atoms with E-state index in [1.807, 2.05) is 0 Å². The fraction of sp³-hybridized carbons (Fsp3) is 0.647. The zero-order chi connectivity index (χ0) is 13.1. The molecule has 0 aromatic heterocycles. The molecule has 3 rings (SSSR count). The lowest BCUT2D eigenvalue weighted by Gasteiger charge is -2.21. The lowest BCUT2D eigenvalue weighted by molar-refractivity contribution is 0.280. The Morgan fingerprint density at radius 3 is 2.37 bits per heavy atom. The molecule has 1 atom stereocenters. The molecule has 2 aliphatic rings. The van der Waals surface area contributed by atoms with E-state index in [1.165, 1.54) is 45.3 Å². The Kier molecular flexibility index (Phi) is 4.19. The van der Waals surface area contributed by atoms with Crippen molar-refractivity contribution in [2.75, 3.05) is 26.2 Å². The van der Waals surface area contributed by atoms with Crippen LogP contribution in [0.2, 0.25) is 0 Å². The first-order valence-electron chi connectivity index (χ1n) is 7.85. The maximum absolute atomic E-state index is 3.69. The number of nitrogens with one attached hydrogen (secondary N) is 1. The summed E-state index contributed by atoms with van der Waals surface area (Å²) in [5, 5.41) is 3.69. The Balaban J connectivity index is 1.43. The van der Waals surface area contributed by atoms with Gasteiger partial charge in [0, 0.05) is 32.2 Å². The zero-order valence-corrected chi connectivity index (χ0v) is 12.1. The SMILES string of the molecule is CC(NCCN1CCc2ccccc2CC1)C1CC1. The van der Waals surface area contributed by atoms with Crippen LogP contribution in [-0.2, 0) is 12.8 Å². The molecule has 0 amide bonds. The minimum atomic E-state index is 0.726. The van der Waals surface area contributed by atoms with E-state index >= 15 is 0 Å². The van der Waals surface area contributed by atoms with Gasteiger partial charge in [-0.2, -0.15) is 0 Å². The van der Waals surface area contributed by atoms with Gasteiger partial charge in [0.05, 0.1) is 0 Å². The van der Waals surface area contributed by atoms with Crippen LogP contribution in [0.25, 0.3) is 0 Å². The van der Waals surface area contributed by atoms with E-state index in [2.05, 4.69) is 41.4 Å². The summed E-state index contributed by atoms with van der Waals surface area (Å²) in [5.74, 6) is 0.966. The Morgan fingerprint density at radius 2 is 1.79 bits per heavy atom. The lowest BCUT2D eigenvalue weighted by atomic mass is 10.0. The van der Waals surface area contributed by atoms with Gasteiger partial charge >= 0.3 is 0 Å². The zero-order valence-electron chi connectivity index (χ0n) is 12.1. The maximum atomic E-state index is 3.69. The molecule has 1 aliphatic carbocycles. The molecule has 0 radical (unpaired) electrons. The summed E-state index contributed by atoms with van der Waals surface area (Å²) >= 11 is 0. The second-order valence-electron chi connectivity index (χ2n) is 6.19. The number of benzene rings is 1. The fourth-order valence-corrected chi connectivity index (χ4v) is 3.15. The predicted molar refractivity (Wildman–Crippen MR) is 80.5 cm³/mol. The Hall–Kier alpha value is -0.860. The molecule has 1 aromatic rings. The summed E-state index contributed by atoms with van der Waals surface area (Å²) in [6.07, 6.45) is 5.31. The summed E-state index contributed by atoms with van der Waals surface area (Å²) in [6, 6.07) is 9.67. The first kappa shape index (κ1) is 13.1. The van der Waals surface area contributed by atoms with Gasteiger partial charge in [0.25, 0.3) is 0 Å². The molecule has 1 aromatic carbocycles. The van der Waals surface area contributed by atoms with Crippen molar-refractivity contribution in [2.24, 2.45) is 5.92 Å². The van der Waals surface area contributed by atoms with Gasteiger partial charge < -0.3 is 10.2 Å². The molecule has 19 heavy (non-hydrogen) atoms. The van der Waals surface area contributed by atoms with Crippen LogP contribution in [0.3, 0.4) is 0 Å². The molecule has 0 bridgehead atoms. The van der Waals surface area contributed by atoms with Gasteiger partial charge in [-0.15, -0.1) is 0 Å². The van der Waals surface area contributed by atoms with Crippen molar-refractivity contribution in [3.05, 3.63) is 35.4 Å². The molecule has 0 saturated heterocycles. The molecule has 1 fully saturated rings. The molecule has 1 unspecified atom stereocenters. The van der Waals surface area contributed by atoms with Crippen molar-refractivity contribution in [1.82, 2.24) is 10.2 Å². The van der Waals surface area contributed by atoms with Gasteiger partial charge in [-0.1, -0.05) is 24.3 Å². The molecule has 1 saturated carbocycles. The Labute approximate surface area is 117 Å². The van der Waals surface area contributed by atoms with Crippen LogP contribution in [0.4, 0.5) is 0 Å². The van der Waals surface area contributed by atoms with Gasteiger partial charge in [-0.25, -0.2) is 0 Å². The summed E-state index contributed by atoms with van der Waals surface area (Å²) in [7, 11) is 0. The molecule has 1 N–H and O–H groups in total. The smallest absolute Gasteiger partial charge is 0.0107 e. The Morgan fingerprint density at radius 1 is 1.16 bits per heavy atom. The van der Waals surface area contributed by atoms with E-state index in [0.717, 1.165) is 18.5 Å². The number of nitrogens with zero attached hydrogens (tertiary/aromatic N) is 1. The van der Waals surface area contributed by atoms with Crippen molar-refractivity contribution >= 4 is 0 Å². The highest BCUT2D eigenvalue weighted by molar-refractivity contribution is 5.28. The third-order valence-corrected chi connectivity index (χ3v) is 4.74. The second kappa shape index (κ2) is 6.06. The number of hydrogen-bond donors (Lipinski definition) is 1. The molecule has 2 nitrogen and oxygen atoms in total. The van der Waals surface area contributed by atoms with Crippen LogP contribution in [0, 0.1) is 5.92 Å². The largest absolute Gasteiger partial charge is 0.313 e.